The minimum Gasteiger partial charge on any atom is -0.497 e. The Morgan fingerprint density at radius 2 is 2.19 bits per heavy atom. The summed E-state index contributed by atoms with van der Waals surface area (Å²) in [6.07, 6.45) is 8.48. The van der Waals surface area contributed by atoms with Gasteiger partial charge in [-0.15, -0.1) is 0 Å². The summed E-state index contributed by atoms with van der Waals surface area (Å²) in [6, 6.07) is 7.56. The van der Waals surface area contributed by atoms with Crippen LogP contribution in [0.25, 0.3) is 17.0 Å². The summed E-state index contributed by atoms with van der Waals surface area (Å²) in [6.45, 7) is 0.460. The van der Waals surface area contributed by atoms with Crippen LogP contribution in [-0.4, -0.2) is 30.3 Å². The molecule has 2 heterocycles. The first-order valence-electron chi connectivity index (χ1n) is 8.29. The Balaban J connectivity index is 1.48. The number of allylic oxidation sites excluding steroid dienone is 1. The second kappa shape index (κ2) is 8.20. The van der Waals surface area contributed by atoms with Crippen molar-refractivity contribution in [1.82, 2.24) is 10.3 Å². The average Bonchev–Trinajstić information content (AvgIpc) is 3.29. The molecule has 0 saturated heterocycles. The number of nitrogens with one attached hydrogen (secondary N) is 2. The predicted octanol–water partition coefficient (Wildman–Crippen LogP) is 3.10. The number of methoxy groups -OCH3 is 1. The summed E-state index contributed by atoms with van der Waals surface area (Å²) in [5.74, 6) is 0.252. The highest BCUT2D eigenvalue weighted by atomic mass is 16.5. The fraction of sp³-hybridized carbons (Fsp3) is 0.200. The minimum absolute atomic E-state index is 0.171. The second-order valence-corrected chi connectivity index (χ2v) is 5.86. The second-order valence-electron chi connectivity index (χ2n) is 5.86. The topological polar surface area (TPSA) is 84.3 Å². The van der Waals surface area contributed by atoms with Crippen molar-refractivity contribution in [3.05, 3.63) is 60.2 Å². The van der Waals surface area contributed by atoms with Gasteiger partial charge in [0.05, 0.1) is 26.1 Å². The lowest BCUT2D eigenvalue weighted by atomic mass is 10.1. The third-order valence-electron chi connectivity index (χ3n) is 4.03. The molecule has 0 unspecified atom stereocenters. The number of ketones is 1. The van der Waals surface area contributed by atoms with E-state index in [2.05, 4.69) is 10.3 Å². The highest BCUT2D eigenvalue weighted by Gasteiger charge is 2.08. The van der Waals surface area contributed by atoms with Gasteiger partial charge < -0.3 is 19.5 Å². The molecular formula is C20H20N2O4. The Hall–Kier alpha value is -3.28. The summed E-state index contributed by atoms with van der Waals surface area (Å²) in [4.78, 5) is 26.9. The van der Waals surface area contributed by atoms with Crippen molar-refractivity contribution in [1.29, 1.82) is 0 Å². The third kappa shape index (κ3) is 4.42. The standard InChI is InChI=1S/C20H20N2O4/c1-25-17-4-5-19-18(11-17)15(12-22-19)6-8-21-20(24)10-16(23)3-2-14-7-9-26-13-14/h2-5,7,9,11-13,22H,6,8,10H2,1H3,(H,21,24)/b3-2+. The predicted molar refractivity (Wildman–Crippen MR) is 98.9 cm³/mol. The monoisotopic (exact) mass is 352 g/mol. The smallest absolute Gasteiger partial charge is 0.227 e. The zero-order valence-corrected chi connectivity index (χ0v) is 14.5. The largest absolute Gasteiger partial charge is 0.497 e. The molecule has 0 saturated carbocycles. The van der Waals surface area contributed by atoms with Crippen LogP contribution in [-0.2, 0) is 16.0 Å². The molecule has 0 spiro atoms. The molecule has 0 aliphatic rings. The van der Waals surface area contributed by atoms with Crippen LogP contribution in [0.3, 0.4) is 0 Å². The lowest BCUT2D eigenvalue weighted by Gasteiger charge is -2.04. The summed E-state index contributed by atoms with van der Waals surface area (Å²) in [5.41, 5.74) is 2.89. The zero-order chi connectivity index (χ0) is 18.4. The SMILES string of the molecule is COc1ccc2[nH]cc(CCNC(=O)CC(=O)/C=C/c3ccoc3)c2c1. The summed E-state index contributed by atoms with van der Waals surface area (Å²) < 4.78 is 10.2. The molecule has 0 aliphatic heterocycles. The first-order valence-corrected chi connectivity index (χ1v) is 8.29. The van der Waals surface area contributed by atoms with E-state index in [9.17, 15) is 9.59 Å². The van der Waals surface area contributed by atoms with Gasteiger partial charge in [-0.1, -0.05) is 0 Å². The molecule has 3 rings (SSSR count). The number of furan rings is 1. The van der Waals surface area contributed by atoms with Crippen molar-refractivity contribution < 1.29 is 18.7 Å². The molecule has 6 nitrogen and oxygen atoms in total. The van der Waals surface area contributed by atoms with Crippen molar-refractivity contribution in [3.63, 3.8) is 0 Å². The number of carbonyl (C=O) groups is 2. The molecule has 1 amide bonds. The number of carbonyl (C=O) groups excluding carboxylic acids is 2. The minimum atomic E-state index is -0.288. The van der Waals surface area contributed by atoms with Crippen LogP contribution in [0.4, 0.5) is 0 Å². The Morgan fingerprint density at radius 3 is 2.96 bits per heavy atom. The third-order valence-corrected chi connectivity index (χ3v) is 4.03. The molecule has 0 bridgehead atoms. The number of ether oxygens (including phenoxy) is 1. The summed E-state index contributed by atoms with van der Waals surface area (Å²) >= 11 is 0. The number of H-pyrrole nitrogens is 1. The van der Waals surface area contributed by atoms with Gasteiger partial charge in [0, 0.05) is 29.2 Å². The number of hydrogen-bond donors (Lipinski definition) is 2. The highest BCUT2D eigenvalue weighted by Crippen LogP contribution is 2.23. The fourth-order valence-electron chi connectivity index (χ4n) is 2.67. The van der Waals surface area contributed by atoms with Crippen LogP contribution in [0.5, 0.6) is 5.75 Å². The Labute approximate surface area is 150 Å². The van der Waals surface area contributed by atoms with Gasteiger partial charge in [0.2, 0.25) is 5.91 Å². The van der Waals surface area contributed by atoms with Crippen molar-refractivity contribution >= 4 is 28.7 Å². The molecule has 0 aliphatic carbocycles. The van der Waals surface area contributed by atoms with Crippen LogP contribution < -0.4 is 10.1 Å². The zero-order valence-electron chi connectivity index (χ0n) is 14.5. The van der Waals surface area contributed by atoms with Crippen LogP contribution in [0, 0.1) is 0 Å². The van der Waals surface area contributed by atoms with Gasteiger partial charge >= 0.3 is 0 Å². The van der Waals surface area contributed by atoms with E-state index in [4.69, 9.17) is 9.15 Å². The quantitative estimate of drug-likeness (QED) is 0.482. The lowest BCUT2D eigenvalue weighted by Crippen LogP contribution is -2.27. The molecule has 134 valence electrons. The number of benzene rings is 1. The van der Waals surface area contributed by atoms with E-state index in [-0.39, 0.29) is 18.1 Å². The van der Waals surface area contributed by atoms with Crippen LogP contribution in [0.1, 0.15) is 17.5 Å². The van der Waals surface area contributed by atoms with Gasteiger partial charge in [0.15, 0.2) is 5.78 Å². The number of rotatable bonds is 8. The maximum Gasteiger partial charge on any atom is 0.227 e. The van der Waals surface area contributed by atoms with E-state index in [1.165, 1.54) is 18.6 Å². The van der Waals surface area contributed by atoms with Gasteiger partial charge in [-0.25, -0.2) is 0 Å². The normalized spacial score (nSPS) is 11.1. The van der Waals surface area contributed by atoms with E-state index in [0.29, 0.717) is 13.0 Å². The highest BCUT2D eigenvalue weighted by molar-refractivity contribution is 6.05. The van der Waals surface area contributed by atoms with E-state index in [1.807, 2.05) is 24.4 Å². The molecule has 6 heteroatoms. The number of aromatic amines is 1. The Kier molecular flexibility index (Phi) is 5.53. The van der Waals surface area contributed by atoms with E-state index in [0.717, 1.165) is 27.8 Å². The summed E-state index contributed by atoms with van der Waals surface area (Å²) in [7, 11) is 1.63. The van der Waals surface area contributed by atoms with E-state index >= 15 is 0 Å². The molecule has 0 radical (unpaired) electrons. The van der Waals surface area contributed by atoms with Gasteiger partial charge in [-0.05, 0) is 48.4 Å². The van der Waals surface area contributed by atoms with Gasteiger partial charge in [-0.2, -0.15) is 0 Å². The van der Waals surface area contributed by atoms with Crippen LogP contribution in [0.2, 0.25) is 0 Å². The van der Waals surface area contributed by atoms with Crippen LogP contribution in [0.15, 0.2) is 53.5 Å². The number of hydrogen-bond acceptors (Lipinski definition) is 4. The molecule has 0 fully saturated rings. The first-order chi connectivity index (χ1) is 12.7. The molecule has 1 aromatic carbocycles. The first kappa shape index (κ1) is 17.5. The van der Waals surface area contributed by atoms with Crippen molar-refractivity contribution in [2.75, 3.05) is 13.7 Å². The molecule has 2 aromatic heterocycles. The number of fused-ring (bicyclic) bond motifs is 1. The Morgan fingerprint density at radius 1 is 1.31 bits per heavy atom. The fourth-order valence-corrected chi connectivity index (χ4v) is 2.67. The Bertz CT molecular complexity index is 923. The molecule has 0 atom stereocenters. The number of amides is 1. The van der Waals surface area contributed by atoms with Crippen molar-refractivity contribution in [2.45, 2.75) is 12.8 Å². The molecule has 3 aromatic rings. The van der Waals surface area contributed by atoms with Crippen molar-refractivity contribution in [2.24, 2.45) is 0 Å². The molecular weight excluding hydrogens is 332 g/mol. The van der Waals surface area contributed by atoms with Gasteiger partial charge in [0.1, 0.15) is 5.75 Å². The van der Waals surface area contributed by atoms with E-state index < -0.39 is 0 Å². The summed E-state index contributed by atoms with van der Waals surface area (Å²) in [5, 5.41) is 3.85. The lowest BCUT2D eigenvalue weighted by molar-refractivity contribution is -0.126. The maximum atomic E-state index is 11.9. The molecule has 2 N–H and O–H groups in total. The number of aromatic nitrogens is 1. The maximum absolute atomic E-state index is 11.9. The van der Waals surface area contributed by atoms with Gasteiger partial charge in [-0.3, -0.25) is 9.59 Å². The van der Waals surface area contributed by atoms with Gasteiger partial charge in [0.25, 0.3) is 0 Å². The van der Waals surface area contributed by atoms with E-state index in [1.54, 1.807) is 19.3 Å². The average molecular weight is 352 g/mol. The van der Waals surface area contributed by atoms with Crippen LogP contribution >= 0.6 is 0 Å². The molecule has 26 heavy (non-hydrogen) atoms. The van der Waals surface area contributed by atoms with Crippen molar-refractivity contribution in [3.8, 4) is 5.75 Å².